The fraction of sp³-hybridized carbons (Fsp3) is 0.333. The van der Waals surface area contributed by atoms with E-state index < -0.39 is 11.7 Å². The van der Waals surface area contributed by atoms with Gasteiger partial charge in [-0.3, -0.25) is 4.79 Å². The van der Waals surface area contributed by atoms with Crippen LogP contribution in [0.25, 0.3) is 0 Å². The number of amidine groups is 1. The Morgan fingerprint density at radius 2 is 2.32 bits per heavy atom. The van der Waals surface area contributed by atoms with E-state index in [2.05, 4.69) is 10.5 Å². The highest BCUT2D eigenvalue weighted by atomic mass is 19.1. The third kappa shape index (κ3) is 3.84. The number of hydrogen-bond acceptors (Lipinski definition) is 4. The van der Waals surface area contributed by atoms with Gasteiger partial charge in [-0.15, -0.1) is 0 Å². The molecule has 1 aromatic carbocycles. The minimum Gasteiger partial charge on any atom is -0.497 e. The normalized spacial score (nSPS) is 12.9. The monoisotopic (exact) mass is 269 g/mol. The maximum Gasteiger partial charge on any atom is 0.254 e. The van der Waals surface area contributed by atoms with Gasteiger partial charge in [-0.2, -0.15) is 0 Å². The second kappa shape index (κ2) is 6.58. The molecule has 6 nitrogen and oxygen atoms in total. The molecule has 4 N–H and O–H groups in total. The topological polar surface area (TPSA) is 96.9 Å². The number of methoxy groups -OCH3 is 1. The Bertz CT molecular complexity index is 491. The van der Waals surface area contributed by atoms with Gasteiger partial charge in [0.25, 0.3) is 5.91 Å². The van der Waals surface area contributed by atoms with E-state index in [9.17, 15) is 9.18 Å². The smallest absolute Gasteiger partial charge is 0.254 e. The van der Waals surface area contributed by atoms with Crippen molar-refractivity contribution in [3.05, 3.63) is 29.6 Å². The second-order valence-electron chi connectivity index (χ2n) is 3.98. The number of nitrogens with two attached hydrogens (primary N) is 1. The molecule has 0 bridgehead atoms. The van der Waals surface area contributed by atoms with Crippen LogP contribution < -0.4 is 15.8 Å². The summed E-state index contributed by atoms with van der Waals surface area (Å²) in [6.45, 7) is 1.81. The minimum atomic E-state index is -0.673. The number of benzene rings is 1. The van der Waals surface area contributed by atoms with Gasteiger partial charge in [0.2, 0.25) is 0 Å². The highest BCUT2D eigenvalue weighted by Crippen LogP contribution is 2.16. The van der Waals surface area contributed by atoms with Crippen LogP contribution in [0.3, 0.4) is 0 Å². The third-order valence-corrected chi connectivity index (χ3v) is 2.61. The van der Waals surface area contributed by atoms with Crippen LogP contribution in [0.1, 0.15) is 17.3 Å². The van der Waals surface area contributed by atoms with Crippen LogP contribution in [0.15, 0.2) is 23.4 Å². The molecule has 0 aliphatic carbocycles. The van der Waals surface area contributed by atoms with Gasteiger partial charge in [-0.25, -0.2) is 4.39 Å². The van der Waals surface area contributed by atoms with Crippen LogP contribution in [0, 0.1) is 11.7 Å². The van der Waals surface area contributed by atoms with Gasteiger partial charge in [0.15, 0.2) is 0 Å². The predicted molar refractivity (Wildman–Crippen MR) is 67.9 cm³/mol. The van der Waals surface area contributed by atoms with Gasteiger partial charge in [0.1, 0.15) is 17.4 Å². The molecule has 0 fully saturated rings. The zero-order chi connectivity index (χ0) is 14.4. The Balaban J connectivity index is 2.69. The maximum atomic E-state index is 13.6. The van der Waals surface area contributed by atoms with Gasteiger partial charge in [0, 0.05) is 18.5 Å². The Morgan fingerprint density at radius 3 is 2.84 bits per heavy atom. The van der Waals surface area contributed by atoms with E-state index in [0.717, 1.165) is 6.07 Å². The highest BCUT2D eigenvalue weighted by Gasteiger charge is 2.14. The number of ether oxygens (including phenoxy) is 1. The standard InChI is InChI=1S/C12H16FN3O3/c1-7(11(14)16-18)6-15-12(17)9-4-3-8(19-2)5-10(9)13/h3-5,7,18H,6H2,1-2H3,(H2,14,16)(H,15,17). The molecule has 0 spiro atoms. The molecule has 1 atom stereocenters. The molecule has 1 amide bonds. The van der Waals surface area contributed by atoms with Crippen molar-refractivity contribution < 1.29 is 19.1 Å². The minimum absolute atomic E-state index is 0.00416. The summed E-state index contributed by atoms with van der Waals surface area (Å²) in [6.07, 6.45) is 0. The summed E-state index contributed by atoms with van der Waals surface area (Å²) in [7, 11) is 1.41. The molecule has 1 rings (SSSR count). The first-order valence-corrected chi connectivity index (χ1v) is 5.58. The molecule has 0 aliphatic heterocycles. The molecular formula is C12H16FN3O3. The SMILES string of the molecule is COc1ccc(C(=O)NCC(C)/C(N)=N/O)c(F)c1. The lowest BCUT2D eigenvalue weighted by Crippen LogP contribution is -2.35. The number of oxime groups is 1. The van der Waals surface area contributed by atoms with Crippen LogP contribution in [-0.2, 0) is 0 Å². The molecular weight excluding hydrogens is 253 g/mol. The average Bonchev–Trinajstić information content (AvgIpc) is 2.43. The average molecular weight is 269 g/mol. The van der Waals surface area contributed by atoms with E-state index in [-0.39, 0.29) is 23.9 Å². The van der Waals surface area contributed by atoms with E-state index in [1.165, 1.54) is 19.2 Å². The molecule has 19 heavy (non-hydrogen) atoms. The first-order chi connectivity index (χ1) is 8.99. The maximum absolute atomic E-state index is 13.6. The van der Waals surface area contributed by atoms with Crippen molar-refractivity contribution in [1.29, 1.82) is 0 Å². The first-order valence-electron chi connectivity index (χ1n) is 5.58. The lowest BCUT2D eigenvalue weighted by Gasteiger charge is -2.11. The molecule has 0 radical (unpaired) electrons. The Morgan fingerprint density at radius 1 is 1.63 bits per heavy atom. The molecule has 0 saturated heterocycles. The number of nitrogens with zero attached hydrogens (tertiary/aromatic N) is 1. The van der Waals surface area contributed by atoms with Gasteiger partial charge in [-0.05, 0) is 12.1 Å². The van der Waals surface area contributed by atoms with E-state index in [1.807, 2.05) is 0 Å². The number of carbonyl (C=O) groups excluding carboxylic acids is 1. The molecule has 0 aliphatic rings. The van der Waals surface area contributed by atoms with Crippen molar-refractivity contribution >= 4 is 11.7 Å². The summed E-state index contributed by atoms with van der Waals surface area (Å²) < 4.78 is 18.4. The van der Waals surface area contributed by atoms with Crippen molar-refractivity contribution in [3.63, 3.8) is 0 Å². The van der Waals surface area contributed by atoms with E-state index >= 15 is 0 Å². The number of nitrogens with one attached hydrogen (secondary N) is 1. The molecule has 0 aromatic heterocycles. The second-order valence-corrected chi connectivity index (χ2v) is 3.98. The van der Waals surface area contributed by atoms with Gasteiger partial charge >= 0.3 is 0 Å². The molecule has 1 aromatic rings. The molecule has 1 unspecified atom stereocenters. The van der Waals surface area contributed by atoms with Crippen LogP contribution in [0.2, 0.25) is 0 Å². The van der Waals surface area contributed by atoms with Gasteiger partial charge in [-0.1, -0.05) is 12.1 Å². The Labute approximate surface area is 110 Å². The number of carbonyl (C=O) groups is 1. The van der Waals surface area contributed by atoms with Crippen molar-refractivity contribution in [2.75, 3.05) is 13.7 Å². The summed E-state index contributed by atoms with van der Waals surface area (Å²) in [5, 5.41) is 13.8. The predicted octanol–water partition coefficient (Wildman–Crippen LogP) is 0.947. The van der Waals surface area contributed by atoms with Crippen molar-refractivity contribution in [2.24, 2.45) is 16.8 Å². The molecule has 0 heterocycles. The summed E-state index contributed by atoms with van der Waals surface area (Å²) in [5.74, 6) is -1.27. The summed E-state index contributed by atoms with van der Waals surface area (Å²) in [6, 6.07) is 3.95. The first kappa shape index (κ1) is 14.7. The quantitative estimate of drug-likeness (QED) is 0.321. The van der Waals surface area contributed by atoms with E-state index in [1.54, 1.807) is 6.92 Å². The van der Waals surface area contributed by atoms with Crippen molar-refractivity contribution in [1.82, 2.24) is 5.32 Å². The fourth-order valence-corrected chi connectivity index (χ4v) is 1.35. The summed E-state index contributed by atoms with van der Waals surface area (Å²) >= 11 is 0. The third-order valence-electron chi connectivity index (χ3n) is 2.61. The van der Waals surface area contributed by atoms with Crippen LogP contribution in [-0.4, -0.2) is 30.6 Å². The van der Waals surface area contributed by atoms with Crippen LogP contribution in [0.5, 0.6) is 5.75 Å². The van der Waals surface area contributed by atoms with E-state index in [4.69, 9.17) is 15.7 Å². The molecule has 104 valence electrons. The lowest BCUT2D eigenvalue weighted by atomic mass is 10.1. The number of amides is 1. The van der Waals surface area contributed by atoms with Crippen LogP contribution in [0.4, 0.5) is 4.39 Å². The molecule has 0 saturated carbocycles. The Hall–Kier alpha value is -2.31. The molecule has 7 heteroatoms. The largest absolute Gasteiger partial charge is 0.497 e. The highest BCUT2D eigenvalue weighted by molar-refractivity contribution is 5.95. The Kier molecular flexibility index (Phi) is 5.11. The van der Waals surface area contributed by atoms with Crippen LogP contribution >= 0.6 is 0 Å². The summed E-state index contributed by atoms with van der Waals surface area (Å²) in [4.78, 5) is 11.7. The number of rotatable bonds is 5. The number of halogens is 1. The van der Waals surface area contributed by atoms with Crippen molar-refractivity contribution in [2.45, 2.75) is 6.92 Å². The zero-order valence-electron chi connectivity index (χ0n) is 10.7. The number of hydrogen-bond donors (Lipinski definition) is 3. The van der Waals surface area contributed by atoms with Gasteiger partial charge < -0.3 is 21.0 Å². The van der Waals surface area contributed by atoms with Gasteiger partial charge in [0.05, 0.1) is 12.7 Å². The van der Waals surface area contributed by atoms with Crippen molar-refractivity contribution in [3.8, 4) is 5.75 Å². The van der Waals surface area contributed by atoms with E-state index in [0.29, 0.717) is 5.75 Å². The fourth-order valence-electron chi connectivity index (χ4n) is 1.35. The lowest BCUT2D eigenvalue weighted by molar-refractivity contribution is 0.0947. The zero-order valence-corrected chi connectivity index (χ0v) is 10.7. The summed E-state index contributed by atoms with van der Waals surface area (Å²) in [5.41, 5.74) is 5.28.